The van der Waals surface area contributed by atoms with Crippen molar-refractivity contribution in [3.8, 4) is 0 Å². The standard InChI is InChI=1S/C10H14N4OS/c11-9(16)8-10(13-3-2-12-8)14-4-1-6-15-7-5-14/h2-3H,1,4-7H2,(H2,11,16). The first-order chi connectivity index (χ1) is 7.79. The van der Waals surface area contributed by atoms with Crippen LogP contribution in [-0.2, 0) is 4.74 Å². The highest BCUT2D eigenvalue weighted by atomic mass is 32.1. The molecule has 0 atom stereocenters. The summed E-state index contributed by atoms with van der Waals surface area (Å²) >= 11 is 4.97. The monoisotopic (exact) mass is 238 g/mol. The molecule has 1 aromatic heterocycles. The normalized spacial score (nSPS) is 16.9. The highest BCUT2D eigenvalue weighted by molar-refractivity contribution is 7.80. The second kappa shape index (κ2) is 5.18. The summed E-state index contributed by atoms with van der Waals surface area (Å²) in [6.07, 6.45) is 4.24. The Hall–Kier alpha value is -1.27. The Kier molecular flexibility index (Phi) is 3.63. The fourth-order valence-corrected chi connectivity index (χ4v) is 1.84. The molecule has 0 aliphatic carbocycles. The SMILES string of the molecule is NC(=S)c1nccnc1N1CCCOCC1. The van der Waals surface area contributed by atoms with Crippen molar-refractivity contribution in [2.45, 2.75) is 6.42 Å². The third-order valence-electron chi connectivity index (χ3n) is 2.43. The van der Waals surface area contributed by atoms with Crippen LogP contribution in [0, 0.1) is 0 Å². The van der Waals surface area contributed by atoms with Gasteiger partial charge in [-0.3, -0.25) is 0 Å². The molecule has 5 nitrogen and oxygen atoms in total. The zero-order valence-electron chi connectivity index (χ0n) is 8.93. The van der Waals surface area contributed by atoms with Crippen LogP contribution in [0.1, 0.15) is 12.1 Å². The largest absolute Gasteiger partial charge is 0.388 e. The quantitative estimate of drug-likeness (QED) is 0.749. The molecule has 2 N–H and O–H groups in total. The van der Waals surface area contributed by atoms with Gasteiger partial charge in [0.25, 0.3) is 0 Å². The summed E-state index contributed by atoms with van der Waals surface area (Å²) in [6.45, 7) is 3.19. The summed E-state index contributed by atoms with van der Waals surface area (Å²) in [6, 6.07) is 0. The molecule has 86 valence electrons. The van der Waals surface area contributed by atoms with Crippen LogP contribution in [0.4, 0.5) is 5.82 Å². The molecule has 0 unspecified atom stereocenters. The van der Waals surface area contributed by atoms with Gasteiger partial charge in [-0.15, -0.1) is 0 Å². The van der Waals surface area contributed by atoms with Gasteiger partial charge in [0.15, 0.2) is 5.82 Å². The molecule has 0 saturated carbocycles. The lowest BCUT2D eigenvalue weighted by molar-refractivity contribution is 0.152. The van der Waals surface area contributed by atoms with Crippen LogP contribution in [0.5, 0.6) is 0 Å². The van der Waals surface area contributed by atoms with E-state index < -0.39 is 0 Å². The Balaban J connectivity index is 2.27. The van der Waals surface area contributed by atoms with Gasteiger partial charge in [0, 0.05) is 32.1 Å². The maximum atomic E-state index is 5.63. The van der Waals surface area contributed by atoms with Crippen molar-refractivity contribution in [2.75, 3.05) is 31.2 Å². The van der Waals surface area contributed by atoms with Crippen LogP contribution in [-0.4, -0.2) is 41.3 Å². The molecular formula is C10H14N4OS. The number of ether oxygens (including phenoxy) is 1. The molecule has 2 heterocycles. The number of hydrogen-bond acceptors (Lipinski definition) is 5. The molecule has 1 fully saturated rings. The van der Waals surface area contributed by atoms with Crippen LogP contribution in [0.2, 0.25) is 0 Å². The van der Waals surface area contributed by atoms with Gasteiger partial charge in [-0.2, -0.15) is 0 Å². The highest BCUT2D eigenvalue weighted by Gasteiger charge is 2.16. The van der Waals surface area contributed by atoms with Crippen molar-refractivity contribution >= 4 is 23.0 Å². The van der Waals surface area contributed by atoms with E-state index in [1.54, 1.807) is 12.4 Å². The van der Waals surface area contributed by atoms with Crippen LogP contribution >= 0.6 is 12.2 Å². The van der Waals surface area contributed by atoms with Gasteiger partial charge >= 0.3 is 0 Å². The summed E-state index contributed by atoms with van der Waals surface area (Å²) in [4.78, 5) is 10.9. The predicted octanol–water partition coefficient (Wildman–Crippen LogP) is 0.337. The Labute approximate surface area is 99.6 Å². The molecule has 1 saturated heterocycles. The number of aromatic nitrogens is 2. The molecule has 16 heavy (non-hydrogen) atoms. The first kappa shape index (κ1) is 11.2. The number of hydrogen-bond donors (Lipinski definition) is 1. The minimum atomic E-state index is 0.285. The molecular weight excluding hydrogens is 224 g/mol. The molecule has 0 radical (unpaired) electrons. The molecule has 1 aliphatic heterocycles. The zero-order valence-corrected chi connectivity index (χ0v) is 9.74. The first-order valence-electron chi connectivity index (χ1n) is 5.22. The van der Waals surface area contributed by atoms with E-state index >= 15 is 0 Å². The smallest absolute Gasteiger partial charge is 0.157 e. The lowest BCUT2D eigenvalue weighted by Gasteiger charge is -2.22. The molecule has 0 amide bonds. The van der Waals surface area contributed by atoms with Crippen LogP contribution in [0.15, 0.2) is 12.4 Å². The second-order valence-electron chi connectivity index (χ2n) is 3.55. The minimum absolute atomic E-state index is 0.285. The van der Waals surface area contributed by atoms with E-state index in [-0.39, 0.29) is 4.99 Å². The van der Waals surface area contributed by atoms with Crippen molar-refractivity contribution < 1.29 is 4.74 Å². The number of nitrogens with two attached hydrogens (primary N) is 1. The van der Waals surface area contributed by atoms with E-state index in [9.17, 15) is 0 Å². The average Bonchev–Trinajstić information content (AvgIpc) is 2.57. The topological polar surface area (TPSA) is 64.3 Å². The van der Waals surface area contributed by atoms with Crippen LogP contribution in [0.3, 0.4) is 0 Å². The summed E-state index contributed by atoms with van der Waals surface area (Å²) in [7, 11) is 0. The number of anilines is 1. The predicted molar refractivity (Wildman–Crippen MR) is 65.6 cm³/mol. The van der Waals surface area contributed by atoms with E-state index in [0.29, 0.717) is 12.3 Å². The van der Waals surface area contributed by atoms with Crippen LogP contribution < -0.4 is 10.6 Å². The van der Waals surface area contributed by atoms with Gasteiger partial charge in [0.1, 0.15) is 10.7 Å². The Morgan fingerprint density at radius 1 is 1.31 bits per heavy atom. The van der Waals surface area contributed by atoms with Crippen LogP contribution in [0.25, 0.3) is 0 Å². The first-order valence-corrected chi connectivity index (χ1v) is 5.63. The maximum absolute atomic E-state index is 5.63. The van der Waals surface area contributed by atoms with E-state index in [1.807, 2.05) is 0 Å². The molecule has 2 rings (SSSR count). The van der Waals surface area contributed by atoms with Gasteiger partial charge in [0.2, 0.25) is 0 Å². The second-order valence-corrected chi connectivity index (χ2v) is 3.99. The van der Waals surface area contributed by atoms with Gasteiger partial charge < -0.3 is 15.4 Å². The molecule has 1 aliphatic rings. The van der Waals surface area contributed by atoms with E-state index in [0.717, 1.165) is 31.9 Å². The molecule has 1 aromatic rings. The zero-order chi connectivity index (χ0) is 11.4. The van der Waals surface area contributed by atoms with E-state index in [1.165, 1.54) is 0 Å². The summed E-state index contributed by atoms with van der Waals surface area (Å²) in [5.74, 6) is 0.764. The number of nitrogens with zero attached hydrogens (tertiary/aromatic N) is 3. The van der Waals surface area contributed by atoms with E-state index in [2.05, 4.69) is 14.9 Å². The van der Waals surface area contributed by atoms with Crippen molar-refractivity contribution in [1.29, 1.82) is 0 Å². The number of rotatable bonds is 2. The summed E-state index contributed by atoms with van der Waals surface area (Å²) in [5.41, 5.74) is 6.23. The molecule has 0 bridgehead atoms. The van der Waals surface area contributed by atoms with Gasteiger partial charge in [-0.25, -0.2) is 9.97 Å². The van der Waals surface area contributed by atoms with Gasteiger partial charge in [-0.1, -0.05) is 12.2 Å². The lowest BCUT2D eigenvalue weighted by Crippen LogP contribution is -2.30. The fourth-order valence-electron chi connectivity index (χ4n) is 1.69. The fraction of sp³-hybridized carbons (Fsp3) is 0.500. The third kappa shape index (κ3) is 2.45. The van der Waals surface area contributed by atoms with Gasteiger partial charge in [0.05, 0.1) is 6.61 Å². The highest BCUT2D eigenvalue weighted by Crippen LogP contribution is 2.16. The third-order valence-corrected chi connectivity index (χ3v) is 2.63. The van der Waals surface area contributed by atoms with Gasteiger partial charge in [-0.05, 0) is 6.42 Å². The number of thiocarbonyl (C=S) groups is 1. The molecule has 6 heteroatoms. The lowest BCUT2D eigenvalue weighted by atomic mass is 10.3. The summed E-state index contributed by atoms with van der Waals surface area (Å²) < 4.78 is 5.39. The maximum Gasteiger partial charge on any atom is 0.157 e. The molecule has 0 aromatic carbocycles. The van der Waals surface area contributed by atoms with Crippen molar-refractivity contribution in [2.24, 2.45) is 5.73 Å². The minimum Gasteiger partial charge on any atom is -0.388 e. The average molecular weight is 238 g/mol. The molecule has 0 spiro atoms. The Morgan fingerprint density at radius 3 is 2.94 bits per heavy atom. The Morgan fingerprint density at radius 2 is 2.12 bits per heavy atom. The Bertz CT molecular complexity index is 377. The van der Waals surface area contributed by atoms with Crippen molar-refractivity contribution in [1.82, 2.24) is 9.97 Å². The van der Waals surface area contributed by atoms with Crippen molar-refractivity contribution in [3.63, 3.8) is 0 Å². The summed E-state index contributed by atoms with van der Waals surface area (Å²) in [5, 5.41) is 0. The van der Waals surface area contributed by atoms with E-state index in [4.69, 9.17) is 22.7 Å². The van der Waals surface area contributed by atoms with Crippen molar-refractivity contribution in [3.05, 3.63) is 18.1 Å².